The van der Waals surface area contributed by atoms with Gasteiger partial charge >= 0.3 is 0 Å². The fourth-order valence-corrected chi connectivity index (χ4v) is 2.42. The fraction of sp³-hybridized carbons (Fsp3) is 0.600. The maximum absolute atomic E-state index is 6.25. The molecule has 0 saturated carbocycles. The molecule has 112 valence electrons. The minimum Gasteiger partial charge on any atom is -0.491 e. The summed E-state index contributed by atoms with van der Waals surface area (Å²) >= 11 is 6.25. The smallest absolute Gasteiger partial charge is 0.142 e. The molecule has 0 aliphatic carbocycles. The van der Waals surface area contributed by atoms with Crippen LogP contribution in [0.4, 0.5) is 0 Å². The lowest BCUT2D eigenvalue weighted by Gasteiger charge is -2.16. The molecule has 1 heterocycles. The van der Waals surface area contributed by atoms with Crippen LogP contribution in [-0.2, 0) is 16.0 Å². The van der Waals surface area contributed by atoms with Crippen molar-refractivity contribution < 1.29 is 14.2 Å². The molecule has 1 fully saturated rings. The average molecular weight is 300 g/mol. The molecular weight excluding hydrogens is 278 g/mol. The van der Waals surface area contributed by atoms with Crippen molar-refractivity contribution in [3.05, 3.63) is 28.8 Å². The van der Waals surface area contributed by atoms with E-state index in [0.717, 1.165) is 44.0 Å². The molecule has 1 aliphatic rings. The number of hydrogen-bond acceptors (Lipinski definition) is 4. The van der Waals surface area contributed by atoms with E-state index in [1.165, 1.54) is 0 Å². The number of benzene rings is 1. The lowest BCUT2D eigenvalue weighted by atomic mass is 10.1. The van der Waals surface area contributed by atoms with E-state index in [1.807, 2.05) is 18.2 Å². The Kier molecular flexibility index (Phi) is 6.60. The Morgan fingerprint density at radius 3 is 3.10 bits per heavy atom. The number of methoxy groups -OCH3 is 1. The van der Waals surface area contributed by atoms with E-state index >= 15 is 0 Å². The highest BCUT2D eigenvalue weighted by Crippen LogP contribution is 2.29. The molecule has 0 bridgehead atoms. The molecule has 4 nitrogen and oxygen atoms in total. The molecule has 1 N–H and O–H groups in total. The Hall–Kier alpha value is -0.810. The molecule has 1 atom stereocenters. The van der Waals surface area contributed by atoms with Gasteiger partial charge in [-0.1, -0.05) is 23.7 Å². The highest BCUT2D eigenvalue weighted by atomic mass is 35.5. The van der Waals surface area contributed by atoms with Crippen LogP contribution in [-0.4, -0.2) is 40.1 Å². The Bertz CT molecular complexity index is 408. The van der Waals surface area contributed by atoms with Crippen LogP contribution in [0, 0.1) is 5.92 Å². The van der Waals surface area contributed by atoms with Gasteiger partial charge < -0.3 is 19.5 Å². The van der Waals surface area contributed by atoms with E-state index in [4.69, 9.17) is 25.8 Å². The van der Waals surface area contributed by atoms with E-state index < -0.39 is 0 Å². The van der Waals surface area contributed by atoms with Gasteiger partial charge in [-0.2, -0.15) is 0 Å². The summed E-state index contributed by atoms with van der Waals surface area (Å²) in [6, 6.07) is 5.84. The summed E-state index contributed by atoms with van der Waals surface area (Å²) in [5.74, 6) is 1.26. The van der Waals surface area contributed by atoms with Crippen molar-refractivity contribution in [2.45, 2.75) is 13.0 Å². The average Bonchev–Trinajstić information content (AvgIpc) is 2.96. The lowest BCUT2D eigenvalue weighted by Crippen LogP contribution is -2.19. The number of nitrogens with one attached hydrogen (secondary N) is 1. The van der Waals surface area contributed by atoms with Gasteiger partial charge in [0.2, 0.25) is 0 Å². The zero-order chi connectivity index (χ0) is 14.2. The third-order valence-electron chi connectivity index (χ3n) is 3.33. The summed E-state index contributed by atoms with van der Waals surface area (Å²) in [5, 5.41) is 3.97. The second kappa shape index (κ2) is 8.47. The molecule has 0 aromatic heterocycles. The van der Waals surface area contributed by atoms with Crippen molar-refractivity contribution in [3.8, 4) is 5.75 Å². The summed E-state index contributed by atoms with van der Waals surface area (Å²) in [7, 11) is 1.69. The SMILES string of the molecule is COCCNCc1cccc(Cl)c1OCC1CCOC1. The van der Waals surface area contributed by atoms with E-state index in [-0.39, 0.29) is 0 Å². The monoisotopic (exact) mass is 299 g/mol. The fourth-order valence-electron chi connectivity index (χ4n) is 2.17. The van der Waals surface area contributed by atoms with Crippen LogP contribution in [0.15, 0.2) is 18.2 Å². The van der Waals surface area contributed by atoms with Crippen LogP contribution in [0.3, 0.4) is 0 Å². The molecule has 5 heteroatoms. The molecule has 0 spiro atoms. The van der Waals surface area contributed by atoms with Crippen molar-refractivity contribution in [1.82, 2.24) is 5.32 Å². The molecule has 1 unspecified atom stereocenters. The first-order valence-electron chi connectivity index (χ1n) is 6.99. The molecule has 1 saturated heterocycles. The lowest BCUT2D eigenvalue weighted by molar-refractivity contribution is 0.166. The van der Waals surface area contributed by atoms with Crippen LogP contribution in [0.25, 0.3) is 0 Å². The minimum atomic E-state index is 0.473. The quantitative estimate of drug-likeness (QED) is 0.749. The standard InChI is InChI=1S/C15H22ClNO3/c1-18-8-6-17-9-13-3-2-4-14(16)15(13)20-11-12-5-7-19-10-12/h2-4,12,17H,5-11H2,1H3. The Balaban J connectivity index is 1.90. The number of halogens is 1. The van der Waals surface area contributed by atoms with Crippen LogP contribution in [0.2, 0.25) is 5.02 Å². The highest BCUT2D eigenvalue weighted by molar-refractivity contribution is 6.32. The Morgan fingerprint density at radius 1 is 1.45 bits per heavy atom. The first-order valence-corrected chi connectivity index (χ1v) is 7.36. The van der Waals surface area contributed by atoms with Gasteiger partial charge in [-0.3, -0.25) is 0 Å². The largest absolute Gasteiger partial charge is 0.491 e. The van der Waals surface area contributed by atoms with Crippen LogP contribution in [0.1, 0.15) is 12.0 Å². The van der Waals surface area contributed by atoms with Crippen molar-refractivity contribution in [3.63, 3.8) is 0 Å². The van der Waals surface area contributed by atoms with Crippen molar-refractivity contribution in [1.29, 1.82) is 0 Å². The van der Waals surface area contributed by atoms with Gasteiger partial charge in [0.05, 0.1) is 24.8 Å². The number of ether oxygens (including phenoxy) is 3. The van der Waals surface area contributed by atoms with Crippen LogP contribution >= 0.6 is 11.6 Å². The zero-order valence-corrected chi connectivity index (χ0v) is 12.6. The van der Waals surface area contributed by atoms with Crippen molar-refractivity contribution in [2.75, 3.05) is 40.1 Å². The first-order chi connectivity index (χ1) is 9.81. The molecule has 0 amide bonds. The molecule has 1 aromatic carbocycles. The Labute approximate surface area is 125 Å². The Morgan fingerprint density at radius 2 is 2.35 bits per heavy atom. The van der Waals surface area contributed by atoms with Gasteiger partial charge in [-0.15, -0.1) is 0 Å². The molecular formula is C15H22ClNO3. The second-order valence-electron chi connectivity index (χ2n) is 4.94. The van der Waals surface area contributed by atoms with Gasteiger partial charge in [-0.05, 0) is 12.5 Å². The van der Waals surface area contributed by atoms with Crippen molar-refractivity contribution in [2.24, 2.45) is 5.92 Å². The van der Waals surface area contributed by atoms with Gasteiger partial charge in [0.25, 0.3) is 0 Å². The van der Waals surface area contributed by atoms with E-state index in [2.05, 4.69) is 5.32 Å². The van der Waals surface area contributed by atoms with E-state index in [1.54, 1.807) is 7.11 Å². The van der Waals surface area contributed by atoms with E-state index in [9.17, 15) is 0 Å². The molecule has 1 aliphatic heterocycles. The summed E-state index contributed by atoms with van der Waals surface area (Å²) in [6.07, 6.45) is 1.06. The zero-order valence-electron chi connectivity index (χ0n) is 11.9. The molecule has 20 heavy (non-hydrogen) atoms. The van der Waals surface area contributed by atoms with Gasteiger partial charge in [0.15, 0.2) is 0 Å². The summed E-state index contributed by atoms with van der Waals surface area (Å²) in [6.45, 7) is 4.50. The second-order valence-corrected chi connectivity index (χ2v) is 5.35. The number of hydrogen-bond donors (Lipinski definition) is 1. The number of rotatable bonds is 8. The maximum Gasteiger partial charge on any atom is 0.142 e. The topological polar surface area (TPSA) is 39.7 Å². The predicted molar refractivity (Wildman–Crippen MR) is 79.5 cm³/mol. The third-order valence-corrected chi connectivity index (χ3v) is 3.63. The normalized spacial score (nSPS) is 18.4. The predicted octanol–water partition coefficient (Wildman–Crippen LogP) is 2.49. The van der Waals surface area contributed by atoms with Gasteiger partial charge in [0.1, 0.15) is 5.75 Å². The first kappa shape index (κ1) is 15.6. The van der Waals surface area contributed by atoms with Crippen LogP contribution in [0.5, 0.6) is 5.75 Å². The summed E-state index contributed by atoms with van der Waals surface area (Å²) in [4.78, 5) is 0. The summed E-state index contributed by atoms with van der Waals surface area (Å²) < 4.78 is 16.3. The number of para-hydroxylation sites is 1. The van der Waals surface area contributed by atoms with E-state index in [0.29, 0.717) is 24.2 Å². The third kappa shape index (κ3) is 4.63. The molecule has 2 rings (SSSR count). The highest BCUT2D eigenvalue weighted by Gasteiger charge is 2.17. The van der Waals surface area contributed by atoms with Gasteiger partial charge in [-0.25, -0.2) is 0 Å². The molecule has 0 radical (unpaired) electrons. The van der Waals surface area contributed by atoms with Gasteiger partial charge in [0, 0.05) is 38.3 Å². The molecule has 1 aromatic rings. The minimum absolute atomic E-state index is 0.473. The van der Waals surface area contributed by atoms with Crippen molar-refractivity contribution >= 4 is 11.6 Å². The van der Waals surface area contributed by atoms with Crippen LogP contribution < -0.4 is 10.1 Å². The summed E-state index contributed by atoms with van der Waals surface area (Å²) in [5.41, 5.74) is 1.08. The maximum atomic E-state index is 6.25.